The van der Waals surface area contributed by atoms with Gasteiger partial charge in [-0.3, -0.25) is 14.5 Å². The second kappa shape index (κ2) is 8.58. The zero-order valence-corrected chi connectivity index (χ0v) is 15.6. The molecule has 0 saturated carbocycles. The number of pyridine rings is 1. The van der Waals surface area contributed by atoms with Crippen LogP contribution in [0.5, 0.6) is 0 Å². The van der Waals surface area contributed by atoms with E-state index in [1.807, 2.05) is 38.4 Å². The Hall–Kier alpha value is -2.02. The fourth-order valence-corrected chi connectivity index (χ4v) is 3.33. The van der Waals surface area contributed by atoms with Crippen molar-refractivity contribution in [1.29, 1.82) is 0 Å². The number of hydrogen-bond donors (Lipinski definition) is 1. The lowest BCUT2D eigenvalue weighted by molar-refractivity contribution is 0.0339. The Morgan fingerprint density at radius 3 is 2.69 bits per heavy atom. The number of fused-ring (bicyclic) bond motifs is 1. The molecular formula is C20H27N3O3. The Morgan fingerprint density at radius 2 is 1.96 bits per heavy atom. The summed E-state index contributed by atoms with van der Waals surface area (Å²) in [6, 6.07) is 7.40. The summed E-state index contributed by atoms with van der Waals surface area (Å²) in [5.74, 6) is 0.0120. The number of para-hydroxylation sites is 1. The molecule has 26 heavy (non-hydrogen) atoms. The van der Waals surface area contributed by atoms with Crippen molar-refractivity contribution >= 4 is 16.7 Å². The van der Waals surface area contributed by atoms with Crippen LogP contribution < -0.4 is 5.43 Å². The lowest BCUT2D eigenvalue weighted by atomic mass is 10.0. The molecule has 0 radical (unpaired) electrons. The van der Waals surface area contributed by atoms with E-state index in [9.17, 15) is 9.59 Å². The Bertz CT molecular complexity index is 823. The highest BCUT2D eigenvalue weighted by Gasteiger charge is 2.21. The fraction of sp³-hybridized carbons (Fsp3) is 0.500. The summed E-state index contributed by atoms with van der Waals surface area (Å²) in [6.07, 6.45) is 1.21. The quantitative estimate of drug-likeness (QED) is 0.767. The lowest BCUT2D eigenvalue weighted by Crippen LogP contribution is -2.37. The first-order valence-corrected chi connectivity index (χ1v) is 9.18. The number of aromatic amines is 1. The molecule has 0 spiro atoms. The number of Topliss-reactive ketones (excluding diaryl/α,β-unsaturated/α-hetero) is 1. The number of carbonyl (C=O) groups excluding carboxylic acids is 1. The molecule has 1 saturated heterocycles. The highest BCUT2D eigenvalue weighted by atomic mass is 16.5. The number of nitrogens with one attached hydrogen (secondary N) is 1. The average molecular weight is 357 g/mol. The van der Waals surface area contributed by atoms with Crippen molar-refractivity contribution in [3.63, 3.8) is 0 Å². The zero-order valence-electron chi connectivity index (χ0n) is 15.6. The molecule has 6 heteroatoms. The molecule has 1 aliphatic heterocycles. The van der Waals surface area contributed by atoms with Crippen LogP contribution in [0.15, 0.2) is 29.1 Å². The van der Waals surface area contributed by atoms with Gasteiger partial charge in [0.05, 0.1) is 18.9 Å². The van der Waals surface area contributed by atoms with Crippen LogP contribution in [-0.4, -0.2) is 67.5 Å². The standard InChI is InChI=1S/C20H27N3O3/c1-22(2)9-5-8-18(24)19-16(14-23-10-12-26-13-11-23)20(25)15-6-3-4-7-17(15)21-19/h3-4,6-7H,5,8-14H2,1-2H3,(H,21,25). The van der Waals surface area contributed by atoms with E-state index in [-0.39, 0.29) is 11.2 Å². The maximum absolute atomic E-state index is 13.1. The smallest absolute Gasteiger partial charge is 0.194 e. The molecule has 6 nitrogen and oxygen atoms in total. The molecule has 1 aliphatic rings. The molecule has 1 aromatic heterocycles. The van der Waals surface area contributed by atoms with Crippen LogP contribution in [0.3, 0.4) is 0 Å². The van der Waals surface area contributed by atoms with Crippen molar-refractivity contribution in [2.24, 2.45) is 0 Å². The molecule has 0 amide bonds. The third-order valence-corrected chi connectivity index (χ3v) is 4.78. The van der Waals surface area contributed by atoms with Gasteiger partial charge in [0.1, 0.15) is 0 Å². The number of ketones is 1. The van der Waals surface area contributed by atoms with E-state index in [0.717, 1.165) is 31.6 Å². The fourth-order valence-electron chi connectivity index (χ4n) is 3.33. The monoisotopic (exact) mass is 357 g/mol. The van der Waals surface area contributed by atoms with Crippen LogP contribution in [0.2, 0.25) is 0 Å². The second-order valence-electron chi connectivity index (χ2n) is 7.07. The molecule has 2 aromatic rings. The van der Waals surface area contributed by atoms with Gasteiger partial charge < -0.3 is 14.6 Å². The van der Waals surface area contributed by atoms with Crippen molar-refractivity contribution in [1.82, 2.24) is 14.8 Å². The minimum absolute atomic E-state index is 0.0120. The van der Waals surface area contributed by atoms with Gasteiger partial charge in [-0.05, 0) is 39.2 Å². The lowest BCUT2D eigenvalue weighted by Gasteiger charge is -2.27. The number of rotatable bonds is 7. The van der Waals surface area contributed by atoms with E-state index in [0.29, 0.717) is 42.8 Å². The molecule has 1 N–H and O–H groups in total. The number of aromatic nitrogens is 1. The molecule has 0 aliphatic carbocycles. The Balaban J connectivity index is 1.94. The van der Waals surface area contributed by atoms with E-state index in [1.165, 1.54) is 0 Å². The number of hydrogen-bond acceptors (Lipinski definition) is 5. The van der Waals surface area contributed by atoms with Gasteiger partial charge in [0.15, 0.2) is 11.2 Å². The predicted octanol–water partition coefficient (Wildman–Crippen LogP) is 1.88. The van der Waals surface area contributed by atoms with E-state index < -0.39 is 0 Å². The van der Waals surface area contributed by atoms with E-state index in [1.54, 1.807) is 0 Å². The molecule has 1 aromatic carbocycles. The van der Waals surface area contributed by atoms with Gasteiger partial charge in [-0.2, -0.15) is 0 Å². The minimum atomic E-state index is -0.0400. The predicted molar refractivity (Wildman–Crippen MR) is 103 cm³/mol. The number of H-pyrrole nitrogens is 1. The van der Waals surface area contributed by atoms with Crippen LogP contribution in [0.1, 0.15) is 28.9 Å². The van der Waals surface area contributed by atoms with Crippen LogP contribution in [0.4, 0.5) is 0 Å². The molecule has 1 fully saturated rings. The number of carbonyl (C=O) groups is 1. The normalized spacial score (nSPS) is 15.7. The first-order chi connectivity index (χ1) is 12.6. The summed E-state index contributed by atoms with van der Waals surface area (Å²) in [4.78, 5) is 33.4. The highest BCUT2D eigenvalue weighted by molar-refractivity contribution is 5.98. The van der Waals surface area contributed by atoms with Gasteiger partial charge in [-0.1, -0.05) is 12.1 Å². The summed E-state index contributed by atoms with van der Waals surface area (Å²) in [5.41, 5.74) is 1.74. The van der Waals surface area contributed by atoms with Gasteiger partial charge in [0.2, 0.25) is 0 Å². The molecule has 2 heterocycles. The summed E-state index contributed by atoms with van der Waals surface area (Å²) < 4.78 is 5.39. The van der Waals surface area contributed by atoms with Gasteiger partial charge in [-0.15, -0.1) is 0 Å². The summed E-state index contributed by atoms with van der Waals surface area (Å²) >= 11 is 0. The number of morpholine rings is 1. The maximum atomic E-state index is 13.1. The Morgan fingerprint density at radius 1 is 1.23 bits per heavy atom. The molecule has 0 atom stereocenters. The van der Waals surface area contributed by atoms with Gasteiger partial charge >= 0.3 is 0 Å². The first-order valence-electron chi connectivity index (χ1n) is 9.18. The van der Waals surface area contributed by atoms with Gasteiger partial charge in [0.25, 0.3) is 0 Å². The van der Waals surface area contributed by atoms with E-state index in [2.05, 4.69) is 14.8 Å². The first kappa shape index (κ1) is 18.8. The van der Waals surface area contributed by atoms with Crippen molar-refractivity contribution in [2.75, 3.05) is 46.9 Å². The number of benzene rings is 1. The molecule has 0 unspecified atom stereocenters. The Kier molecular flexibility index (Phi) is 6.19. The number of ether oxygens (including phenoxy) is 1. The largest absolute Gasteiger partial charge is 0.379 e. The summed E-state index contributed by atoms with van der Waals surface area (Å²) in [7, 11) is 3.98. The SMILES string of the molecule is CN(C)CCCC(=O)c1[nH]c2ccccc2c(=O)c1CN1CCOCC1. The van der Waals surface area contributed by atoms with Crippen LogP contribution in [0, 0.1) is 0 Å². The van der Waals surface area contributed by atoms with Crippen molar-refractivity contribution in [3.8, 4) is 0 Å². The van der Waals surface area contributed by atoms with Crippen LogP contribution in [-0.2, 0) is 11.3 Å². The molecule has 3 rings (SSSR count). The maximum Gasteiger partial charge on any atom is 0.194 e. The van der Waals surface area contributed by atoms with E-state index >= 15 is 0 Å². The number of nitrogens with zero attached hydrogens (tertiary/aromatic N) is 2. The molecule has 140 valence electrons. The van der Waals surface area contributed by atoms with Crippen LogP contribution >= 0.6 is 0 Å². The third-order valence-electron chi connectivity index (χ3n) is 4.78. The van der Waals surface area contributed by atoms with Gasteiger partial charge in [0, 0.05) is 42.5 Å². The second-order valence-corrected chi connectivity index (χ2v) is 7.07. The van der Waals surface area contributed by atoms with Crippen molar-refractivity contribution in [3.05, 3.63) is 45.7 Å². The molecular weight excluding hydrogens is 330 g/mol. The highest BCUT2D eigenvalue weighted by Crippen LogP contribution is 2.16. The van der Waals surface area contributed by atoms with Crippen molar-refractivity contribution < 1.29 is 9.53 Å². The van der Waals surface area contributed by atoms with E-state index in [4.69, 9.17) is 4.74 Å². The summed E-state index contributed by atoms with van der Waals surface area (Å²) in [6.45, 7) is 4.22. The Labute approximate surface area is 153 Å². The third kappa shape index (κ3) is 4.38. The van der Waals surface area contributed by atoms with Crippen molar-refractivity contribution in [2.45, 2.75) is 19.4 Å². The molecule has 0 bridgehead atoms. The average Bonchev–Trinajstić information content (AvgIpc) is 2.64. The summed E-state index contributed by atoms with van der Waals surface area (Å²) in [5, 5.41) is 0.639. The zero-order chi connectivity index (χ0) is 18.5. The topological polar surface area (TPSA) is 65.6 Å². The van der Waals surface area contributed by atoms with Gasteiger partial charge in [-0.25, -0.2) is 0 Å². The van der Waals surface area contributed by atoms with Crippen LogP contribution in [0.25, 0.3) is 10.9 Å². The minimum Gasteiger partial charge on any atom is -0.379 e.